The summed E-state index contributed by atoms with van der Waals surface area (Å²) in [6.07, 6.45) is 0. The Morgan fingerprint density at radius 1 is 1.19 bits per heavy atom. The quantitative estimate of drug-likeness (QED) is 0.871. The molecule has 1 saturated heterocycles. The zero-order valence-corrected chi connectivity index (χ0v) is 13.8. The molecule has 0 N–H and O–H groups in total. The van der Waals surface area contributed by atoms with Gasteiger partial charge in [0.2, 0.25) is 5.95 Å². The lowest BCUT2D eigenvalue weighted by atomic mass is 10.2. The molecule has 0 unspecified atom stereocenters. The highest BCUT2D eigenvalue weighted by molar-refractivity contribution is 6.31. The molecule has 2 heterocycles. The van der Waals surface area contributed by atoms with Crippen LogP contribution < -0.4 is 4.90 Å². The summed E-state index contributed by atoms with van der Waals surface area (Å²) in [6.45, 7) is 9.72. The van der Waals surface area contributed by atoms with E-state index in [4.69, 9.17) is 16.6 Å². The van der Waals surface area contributed by atoms with Crippen molar-refractivity contribution in [3.63, 3.8) is 0 Å². The average Bonchev–Trinajstić information content (AvgIpc) is 2.77. The Kier molecular flexibility index (Phi) is 4.09. The molecule has 3 rings (SSSR count). The van der Waals surface area contributed by atoms with Gasteiger partial charge in [-0.05, 0) is 31.2 Å². The fraction of sp³-hybridized carbons (Fsp3) is 0.562. The standard InChI is InChI=1S/C16H23ClN4/c1-12(2)11-21-15-5-4-13(17)10-14(15)18-16(21)20-8-6-19(3)7-9-20/h4-5,10,12H,6-9,11H2,1-3H3. The van der Waals surface area contributed by atoms with Gasteiger partial charge in [-0.3, -0.25) is 0 Å². The number of nitrogens with zero attached hydrogens (tertiary/aromatic N) is 4. The number of hydrogen-bond donors (Lipinski definition) is 0. The van der Waals surface area contributed by atoms with E-state index in [0.29, 0.717) is 5.92 Å². The van der Waals surface area contributed by atoms with Crippen LogP contribution in [0, 0.1) is 5.92 Å². The highest BCUT2D eigenvalue weighted by atomic mass is 35.5. The van der Waals surface area contributed by atoms with Crippen molar-refractivity contribution in [1.82, 2.24) is 14.5 Å². The van der Waals surface area contributed by atoms with E-state index in [-0.39, 0.29) is 0 Å². The van der Waals surface area contributed by atoms with E-state index < -0.39 is 0 Å². The fourth-order valence-electron chi connectivity index (χ4n) is 2.88. The molecule has 5 heteroatoms. The third kappa shape index (κ3) is 3.01. The molecule has 0 aliphatic carbocycles. The number of hydrogen-bond acceptors (Lipinski definition) is 3. The number of anilines is 1. The number of aromatic nitrogens is 2. The van der Waals surface area contributed by atoms with Crippen LogP contribution in [-0.4, -0.2) is 47.7 Å². The molecular formula is C16H23ClN4. The third-order valence-corrected chi connectivity index (χ3v) is 4.26. The van der Waals surface area contributed by atoms with E-state index in [1.165, 1.54) is 5.52 Å². The highest BCUT2D eigenvalue weighted by Gasteiger charge is 2.21. The first-order chi connectivity index (χ1) is 10.0. The molecule has 1 aliphatic heterocycles. The Labute approximate surface area is 131 Å². The van der Waals surface area contributed by atoms with Crippen molar-refractivity contribution in [3.05, 3.63) is 23.2 Å². The van der Waals surface area contributed by atoms with Gasteiger partial charge < -0.3 is 14.4 Å². The van der Waals surface area contributed by atoms with E-state index in [0.717, 1.165) is 49.2 Å². The van der Waals surface area contributed by atoms with E-state index in [1.54, 1.807) is 0 Å². The van der Waals surface area contributed by atoms with Crippen LogP contribution in [0.25, 0.3) is 11.0 Å². The molecule has 0 amide bonds. The van der Waals surface area contributed by atoms with E-state index in [9.17, 15) is 0 Å². The number of benzene rings is 1. The molecule has 4 nitrogen and oxygen atoms in total. The molecule has 0 bridgehead atoms. The molecule has 0 radical (unpaired) electrons. The monoisotopic (exact) mass is 306 g/mol. The van der Waals surface area contributed by atoms with Crippen molar-refractivity contribution in [2.45, 2.75) is 20.4 Å². The second-order valence-corrected chi connectivity index (χ2v) is 6.78. The van der Waals surface area contributed by atoms with Gasteiger partial charge in [0, 0.05) is 37.7 Å². The Morgan fingerprint density at radius 2 is 1.90 bits per heavy atom. The second-order valence-electron chi connectivity index (χ2n) is 6.34. The van der Waals surface area contributed by atoms with Gasteiger partial charge in [-0.1, -0.05) is 25.4 Å². The predicted octanol–water partition coefficient (Wildman–Crippen LogP) is 3.10. The van der Waals surface area contributed by atoms with Crippen LogP contribution in [0.3, 0.4) is 0 Å². The molecule has 1 aromatic heterocycles. The highest BCUT2D eigenvalue weighted by Crippen LogP contribution is 2.27. The summed E-state index contributed by atoms with van der Waals surface area (Å²) in [5.41, 5.74) is 2.18. The van der Waals surface area contributed by atoms with Gasteiger partial charge in [-0.2, -0.15) is 0 Å². The fourth-order valence-corrected chi connectivity index (χ4v) is 3.05. The first kappa shape index (κ1) is 14.7. The summed E-state index contributed by atoms with van der Waals surface area (Å²) in [6, 6.07) is 6.01. The average molecular weight is 307 g/mol. The summed E-state index contributed by atoms with van der Waals surface area (Å²) in [4.78, 5) is 9.62. The number of fused-ring (bicyclic) bond motifs is 1. The first-order valence-corrected chi connectivity index (χ1v) is 8.01. The van der Waals surface area contributed by atoms with Crippen molar-refractivity contribution in [2.24, 2.45) is 5.92 Å². The van der Waals surface area contributed by atoms with Crippen molar-refractivity contribution >= 4 is 28.6 Å². The molecule has 0 saturated carbocycles. The largest absolute Gasteiger partial charge is 0.340 e. The van der Waals surface area contributed by atoms with E-state index in [2.05, 4.69) is 41.3 Å². The van der Waals surface area contributed by atoms with Crippen LogP contribution in [-0.2, 0) is 6.54 Å². The minimum absolute atomic E-state index is 0.587. The van der Waals surface area contributed by atoms with Gasteiger partial charge in [0.15, 0.2) is 0 Å². The van der Waals surface area contributed by atoms with Crippen molar-refractivity contribution in [2.75, 3.05) is 38.1 Å². The molecule has 0 atom stereocenters. The lowest BCUT2D eigenvalue weighted by Gasteiger charge is -2.33. The Balaban J connectivity index is 2.03. The summed E-state index contributed by atoms with van der Waals surface area (Å²) >= 11 is 6.12. The van der Waals surface area contributed by atoms with Crippen molar-refractivity contribution in [1.29, 1.82) is 0 Å². The first-order valence-electron chi connectivity index (χ1n) is 7.64. The predicted molar refractivity (Wildman–Crippen MR) is 89.3 cm³/mol. The lowest BCUT2D eigenvalue weighted by molar-refractivity contribution is 0.309. The normalized spacial score (nSPS) is 17.1. The number of piperazine rings is 1. The molecule has 1 aliphatic rings. The van der Waals surface area contributed by atoms with Gasteiger partial charge >= 0.3 is 0 Å². The minimum Gasteiger partial charge on any atom is -0.340 e. The molecule has 1 aromatic carbocycles. The second kappa shape index (κ2) is 5.85. The van der Waals surface area contributed by atoms with Crippen molar-refractivity contribution < 1.29 is 0 Å². The zero-order chi connectivity index (χ0) is 15.0. The van der Waals surface area contributed by atoms with Gasteiger partial charge in [0.05, 0.1) is 11.0 Å². The van der Waals surface area contributed by atoms with Crippen LogP contribution in [0.5, 0.6) is 0 Å². The molecule has 0 spiro atoms. The van der Waals surface area contributed by atoms with E-state index >= 15 is 0 Å². The maximum Gasteiger partial charge on any atom is 0.206 e. The van der Waals surface area contributed by atoms with Crippen LogP contribution in [0.1, 0.15) is 13.8 Å². The molecule has 21 heavy (non-hydrogen) atoms. The van der Waals surface area contributed by atoms with Crippen LogP contribution in [0.2, 0.25) is 5.02 Å². The van der Waals surface area contributed by atoms with E-state index in [1.807, 2.05) is 12.1 Å². The lowest BCUT2D eigenvalue weighted by Crippen LogP contribution is -2.45. The van der Waals surface area contributed by atoms with Gasteiger partial charge in [0.25, 0.3) is 0 Å². The number of likely N-dealkylation sites (N-methyl/N-ethyl adjacent to an activating group) is 1. The Hall–Kier alpha value is -1.26. The summed E-state index contributed by atoms with van der Waals surface area (Å²) < 4.78 is 2.35. The van der Waals surface area contributed by atoms with Gasteiger partial charge in [-0.15, -0.1) is 0 Å². The summed E-state index contributed by atoms with van der Waals surface area (Å²) in [5.74, 6) is 1.68. The molecule has 2 aromatic rings. The molecular weight excluding hydrogens is 284 g/mol. The number of rotatable bonds is 3. The number of halogens is 1. The van der Waals surface area contributed by atoms with Crippen LogP contribution >= 0.6 is 11.6 Å². The third-order valence-electron chi connectivity index (χ3n) is 4.02. The Morgan fingerprint density at radius 3 is 2.57 bits per heavy atom. The summed E-state index contributed by atoms with van der Waals surface area (Å²) in [7, 11) is 2.17. The number of imidazole rings is 1. The SMILES string of the molecule is CC(C)Cn1c(N2CCN(C)CC2)nc2cc(Cl)ccc21. The zero-order valence-electron chi connectivity index (χ0n) is 13.0. The smallest absolute Gasteiger partial charge is 0.206 e. The maximum atomic E-state index is 6.12. The van der Waals surface area contributed by atoms with Crippen LogP contribution in [0.15, 0.2) is 18.2 Å². The maximum absolute atomic E-state index is 6.12. The molecule has 114 valence electrons. The Bertz CT molecular complexity index is 626. The molecule has 1 fully saturated rings. The van der Waals surface area contributed by atoms with Crippen LogP contribution in [0.4, 0.5) is 5.95 Å². The van der Waals surface area contributed by atoms with Gasteiger partial charge in [-0.25, -0.2) is 4.98 Å². The van der Waals surface area contributed by atoms with Gasteiger partial charge in [0.1, 0.15) is 0 Å². The van der Waals surface area contributed by atoms with Crippen molar-refractivity contribution in [3.8, 4) is 0 Å². The minimum atomic E-state index is 0.587. The summed E-state index contributed by atoms with van der Waals surface area (Å²) in [5, 5.41) is 0.752. The topological polar surface area (TPSA) is 24.3 Å².